The molecular weight excluding hydrogens is 462 g/mol. The van der Waals surface area contributed by atoms with Crippen molar-refractivity contribution in [2.75, 3.05) is 12.4 Å². The summed E-state index contributed by atoms with van der Waals surface area (Å²) in [5.74, 6) is 2.34. The van der Waals surface area contributed by atoms with Gasteiger partial charge in [0.05, 0.1) is 12.3 Å². The summed E-state index contributed by atoms with van der Waals surface area (Å²) in [5, 5.41) is 15.2. The molecule has 192 valence electrons. The second kappa shape index (κ2) is 13.0. The first-order valence-corrected chi connectivity index (χ1v) is 13.6. The predicted molar refractivity (Wildman–Crippen MR) is 139 cm³/mol. The number of aromatic nitrogens is 3. The Labute approximate surface area is 213 Å². The number of ether oxygens (including phenoxy) is 1. The number of carbonyl (C=O) groups excluding carboxylic acids is 2. The lowest BCUT2D eigenvalue weighted by Gasteiger charge is -2.29. The van der Waals surface area contributed by atoms with E-state index in [0.29, 0.717) is 35.1 Å². The Morgan fingerprint density at radius 1 is 1.20 bits per heavy atom. The molecule has 0 radical (unpaired) electrons. The second-order valence-corrected chi connectivity index (χ2v) is 10.6. The molecule has 1 heterocycles. The fourth-order valence-electron chi connectivity index (χ4n) is 4.40. The predicted octanol–water partition coefficient (Wildman–Crippen LogP) is 4.21. The van der Waals surface area contributed by atoms with Gasteiger partial charge in [0.1, 0.15) is 5.75 Å². The van der Waals surface area contributed by atoms with E-state index in [2.05, 4.69) is 47.7 Å². The summed E-state index contributed by atoms with van der Waals surface area (Å²) in [6.45, 7) is 11.3. The van der Waals surface area contributed by atoms with Crippen LogP contribution in [0, 0.1) is 12.8 Å². The summed E-state index contributed by atoms with van der Waals surface area (Å²) in [6, 6.07) is 6.33. The highest BCUT2D eigenvalue weighted by Gasteiger charge is 2.23. The Bertz CT molecular complexity index is 1010. The van der Waals surface area contributed by atoms with Crippen molar-refractivity contribution in [3.63, 3.8) is 0 Å². The quantitative estimate of drug-likeness (QED) is 0.448. The first-order valence-electron chi connectivity index (χ1n) is 12.6. The van der Waals surface area contributed by atoms with Crippen LogP contribution >= 0.6 is 11.8 Å². The van der Waals surface area contributed by atoms with Gasteiger partial charge in [0.2, 0.25) is 5.91 Å². The molecule has 1 aliphatic rings. The molecule has 0 aliphatic heterocycles. The third-order valence-corrected chi connectivity index (χ3v) is 7.46. The number of hydrogen-bond acceptors (Lipinski definition) is 6. The number of aryl methyl sites for hydroxylation is 1. The Hall–Kier alpha value is -2.55. The van der Waals surface area contributed by atoms with Crippen LogP contribution in [0.2, 0.25) is 0 Å². The van der Waals surface area contributed by atoms with Crippen LogP contribution in [0.5, 0.6) is 5.75 Å². The number of rotatable bonds is 11. The number of nitrogens with zero attached hydrogens (tertiary/aromatic N) is 3. The molecule has 9 heteroatoms. The molecule has 1 aromatic heterocycles. The third kappa shape index (κ3) is 7.72. The molecule has 0 unspecified atom stereocenters. The smallest absolute Gasteiger partial charge is 0.258 e. The standard InChI is InChI=1S/C26H39N5O3S/c1-6-31-23(14-27-24(32)15-34-22-13-18(4)11-12-20(22)17(2)3)29-30-26(31)35-16-25(33)28-21-10-8-7-9-19(21)5/h11-13,17,19,21H,6-10,14-16H2,1-5H3,(H,27,32)(H,28,33)/t19-,21-/m1/s1. The van der Waals surface area contributed by atoms with Crippen LogP contribution in [0.4, 0.5) is 0 Å². The number of nitrogens with one attached hydrogen (secondary N) is 2. The van der Waals surface area contributed by atoms with Gasteiger partial charge < -0.3 is 19.9 Å². The fraction of sp³-hybridized carbons (Fsp3) is 0.615. The molecule has 2 amide bonds. The van der Waals surface area contributed by atoms with Crippen LogP contribution in [0.3, 0.4) is 0 Å². The molecule has 3 rings (SSSR count). The van der Waals surface area contributed by atoms with Crippen molar-refractivity contribution in [3.8, 4) is 5.75 Å². The van der Waals surface area contributed by atoms with Gasteiger partial charge >= 0.3 is 0 Å². The molecule has 0 saturated heterocycles. The maximum Gasteiger partial charge on any atom is 0.258 e. The summed E-state index contributed by atoms with van der Waals surface area (Å²) >= 11 is 1.38. The molecule has 0 bridgehead atoms. The van der Waals surface area contributed by atoms with E-state index in [1.807, 2.05) is 30.5 Å². The minimum atomic E-state index is -0.220. The third-order valence-electron chi connectivity index (χ3n) is 6.49. The van der Waals surface area contributed by atoms with Gasteiger partial charge in [-0.25, -0.2) is 0 Å². The van der Waals surface area contributed by atoms with E-state index in [1.54, 1.807) is 0 Å². The molecular formula is C26H39N5O3S. The molecule has 0 spiro atoms. The minimum absolute atomic E-state index is 0.0309. The van der Waals surface area contributed by atoms with E-state index < -0.39 is 0 Å². The molecule has 1 saturated carbocycles. The summed E-state index contributed by atoms with van der Waals surface area (Å²) in [4.78, 5) is 24.9. The molecule has 2 atom stereocenters. The zero-order valence-electron chi connectivity index (χ0n) is 21.6. The zero-order chi connectivity index (χ0) is 25.4. The van der Waals surface area contributed by atoms with Gasteiger partial charge in [0.15, 0.2) is 17.6 Å². The maximum absolute atomic E-state index is 12.5. The monoisotopic (exact) mass is 501 g/mol. The van der Waals surface area contributed by atoms with Crippen molar-refractivity contribution in [2.45, 2.75) is 90.5 Å². The first-order chi connectivity index (χ1) is 16.8. The first kappa shape index (κ1) is 27.0. The molecule has 8 nitrogen and oxygen atoms in total. The Morgan fingerprint density at radius 2 is 1.97 bits per heavy atom. The van der Waals surface area contributed by atoms with Gasteiger partial charge in [-0.2, -0.15) is 0 Å². The van der Waals surface area contributed by atoms with Gasteiger partial charge in [0.25, 0.3) is 5.91 Å². The summed E-state index contributed by atoms with van der Waals surface area (Å²) in [7, 11) is 0. The van der Waals surface area contributed by atoms with Gasteiger partial charge in [0, 0.05) is 12.6 Å². The highest BCUT2D eigenvalue weighted by Crippen LogP contribution is 2.27. The molecule has 1 aliphatic carbocycles. The Kier molecular flexibility index (Phi) is 10.0. The van der Waals surface area contributed by atoms with E-state index in [4.69, 9.17) is 4.74 Å². The van der Waals surface area contributed by atoms with E-state index in [1.165, 1.54) is 31.0 Å². The normalized spacial score (nSPS) is 17.9. The summed E-state index contributed by atoms with van der Waals surface area (Å²) < 4.78 is 7.75. The van der Waals surface area contributed by atoms with E-state index >= 15 is 0 Å². The lowest BCUT2D eigenvalue weighted by atomic mass is 9.86. The number of amides is 2. The Morgan fingerprint density at radius 3 is 2.69 bits per heavy atom. The fourth-order valence-corrected chi connectivity index (χ4v) is 5.23. The van der Waals surface area contributed by atoms with E-state index in [-0.39, 0.29) is 31.0 Å². The van der Waals surface area contributed by atoms with Gasteiger partial charge in [-0.3, -0.25) is 9.59 Å². The molecule has 2 aromatic rings. The van der Waals surface area contributed by atoms with Crippen LogP contribution < -0.4 is 15.4 Å². The lowest BCUT2D eigenvalue weighted by molar-refractivity contribution is -0.123. The van der Waals surface area contributed by atoms with E-state index in [0.717, 1.165) is 23.3 Å². The van der Waals surface area contributed by atoms with Crippen molar-refractivity contribution in [1.29, 1.82) is 0 Å². The SMILES string of the molecule is CCn1c(CNC(=O)COc2cc(C)ccc2C(C)C)nnc1SCC(=O)N[C@@H]1CCCC[C@H]1C. The highest BCUT2D eigenvalue weighted by molar-refractivity contribution is 7.99. The van der Waals surface area contributed by atoms with Crippen LogP contribution in [0.25, 0.3) is 0 Å². The Balaban J connectivity index is 1.49. The van der Waals surface area contributed by atoms with Crippen LogP contribution in [0.15, 0.2) is 23.4 Å². The van der Waals surface area contributed by atoms with Crippen molar-refractivity contribution in [2.24, 2.45) is 5.92 Å². The van der Waals surface area contributed by atoms with Crippen LogP contribution in [0.1, 0.15) is 76.2 Å². The number of thioether (sulfide) groups is 1. The largest absolute Gasteiger partial charge is 0.483 e. The topological polar surface area (TPSA) is 98.1 Å². The van der Waals surface area contributed by atoms with E-state index in [9.17, 15) is 9.59 Å². The van der Waals surface area contributed by atoms with Crippen LogP contribution in [-0.2, 0) is 22.7 Å². The van der Waals surface area contributed by atoms with Gasteiger partial charge in [-0.05, 0) is 55.7 Å². The second-order valence-electron chi connectivity index (χ2n) is 9.63. The van der Waals surface area contributed by atoms with Crippen molar-refractivity contribution in [3.05, 3.63) is 35.2 Å². The van der Waals surface area contributed by atoms with Crippen LogP contribution in [-0.4, -0.2) is 45.0 Å². The number of benzene rings is 1. The summed E-state index contributed by atoms with van der Waals surface area (Å²) in [5.41, 5.74) is 2.17. The molecule has 2 N–H and O–H groups in total. The average molecular weight is 502 g/mol. The highest BCUT2D eigenvalue weighted by atomic mass is 32.2. The maximum atomic E-state index is 12.5. The average Bonchev–Trinajstić information content (AvgIpc) is 3.23. The van der Waals surface area contributed by atoms with Crippen molar-refractivity contribution in [1.82, 2.24) is 25.4 Å². The zero-order valence-corrected chi connectivity index (χ0v) is 22.4. The van der Waals surface area contributed by atoms with Crippen molar-refractivity contribution < 1.29 is 14.3 Å². The van der Waals surface area contributed by atoms with Gasteiger partial charge in [-0.1, -0.05) is 57.5 Å². The van der Waals surface area contributed by atoms with Gasteiger partial charge in [-0.15, -0.1) is 10.2 Å². The number of hydrogen-bond donors (Lipinski definition) is 2. The number of carbonyl (C=O) groups is 2. The molecule has 35 heavy (non-hydrogen) atoms. The summed E-state index contributed by atoms with van der Waals surface area (Å²) in [6.07, 6.45) is 4.65. The molecule has 1 fully saturated rings. The van der Waals surface area contributed by atoms with Crippen molar-refractivity contribution >= 4 is 23.6 Å². The molecule has 1 aromatic carbocycles. The minimum Gasteiger partial charge on any atom is -0.483 e. The lowest BCUT2D eigenvalue weighted by Crippen LogP contribution is -2.41.